The van der Waals surface area contributed by atoms with Gasteiger partial charge in [-0.15, -0.1) is 0 Å². The Labute approximate surface area is 103 Å². The minimum absolute atomic E-state index is 0.0910. The number of ketones is 1. The first kappa shape index (κ1) is 13.2. The van der Waals surface area contributed by atoms with Gasteiger partial charge in [0.05, 0.1) is 0 Å². The Balaban J connectivity index is 2.49. The average Bonchev–Trinajstić information content (AvgIpc) is 2.71. The number of halogens is 3. The molecule has 0 radical (unpaired) electrons. The second-order valence-corrected chi connectivity index (χ2v) is 20.1. The van der Waals surface area contributed by atoms with E-state index >= 15 is 0 Å². The van der Waals surface area contributed by atoms with Crippen LogP contribution in [0.4, 0.5) is 13.2 Å². The van der Waals surface area contributed by atoms with Crippen molar-refractivity contribution in [3.05, 3.63) is 21.3 Å². The van der Waals surface area contributed by atoms with E-state index in [4.69, 9.17) is 0 Å². The fourth-order valence-electron chi connectivity index (χ4n) is 2.93. The van der Waals surface area contributed by atoms with E-state index < -0.39 is 30.3 Å². The molecule has 5 heteroatoms. The zero-order valence-corrected chi connectivity index (χ0v) is 12.9. The van der Waals surface area contributed by atoms with Crippen molar-refractivity contribution in [2.45, 2.75) is 27.4 Å². The molecule has 0 spiro atoms. The quantitative estimate of drug-likeness (QED) is 0.550. The molecule has 94 valence electrons. The number of Topliss-reactive ketones (excluding diaryl/α,β-unsaturated/α-hetero) is 1. The van der Waals surface area contributed by atoms with E-state index in [1.165, 1.54) is 0 Å². The van der Waals surface area contributed by atoms with Crippen LogP contribution in [0.25, 0.3) is 0 Å². The van der Waals surface area contributed by atoms with Crippen molar-refractivity contribution in [3.63, 3.8) is 0 Å². The summed E-state index contributed by atoms with van der Waals surface area (Å²) in [6, 6.07) is 0. The summed E-state index contributed by atoms with van der Waals surface area (Å²) >= 11 is -2.64. The van der Waals surface area contributed by atoms with Crippen LogP contribution in [0.3, 0.4) is 0 Å². The Bertz CT molecular complexity index is 426. The van der Waals surface area contributed by atoms with Gasteiger partial charge in [0.2, 0.25) is 0 Å². The van der Waals surface area contributed by atoms with Gasteiger partial charge in [-0.25, -0.2) is 0 Å². The molecule has 0 saturated heterocycles. The van der Waals surface area contributed by atoms with Gasteiger partial charge in [0.25, 0.3) is 0 Å². The normalized spacial score (nSPS) is 28.1. The van der Waals surface area contributed by atoms with Crippen molar-refractivity contribution in [1.82, 2.24) is 0 Å². The second-order valence-electron chi connectivity index (χ2n) is 5.74. The topological polar surface area (TPSA) is 17.1 Å². The van der Waals surface area contributed by atoms with Crippen molar-refractivity contribution < 1.29 is 18.0 Å². The number of hydrogen-bond donors (Lipinski definition) is 0. The summed E-state index contributed by atoms with van der Waals surface area (Å²) in [6.07, 6.45) is -0.295. The number of rotatable bonds is 2. The van der Waals surface area contributed by atoms with Gasteiger partial charge in [-0.1, -0.05) is 0 Å². The molecule has 0 amide bonds. The number of carbonyl (C=O) groups is 1. The van der Waals surface area contributed by atoms with Crippen LogP contribution in [-0.4, -0.2) is 30.3 Å². The zero-order chi connectivity index (χ0) is 13.0. The molecule has 2 atom stereocenters. The SMILES string of the molecule is [CH3][Sn]([CH3])([CH3])[C]1=C(C(=O)C(F)(F)F)C2C=CC1C2. The van der Waals surface area contributed by atoms with Crippen molar-refractivity contribution >= 4 is 24.2 Å². The standard InChI is InChI=1S/C9H6F3O.3CH3.Sn/c10-9(11,12)8(13)7-4-5-1-2-6(7)3-5;;;;/h1-2,5-6H,3H2;3*1H3;. The van der Waals surface area contributed by atoms with E-state index in [9.17, 15) is 18.0 Å². The summed E-state index contributed by atoms with van der Waals surface area (Å²) < 4.78 is 38.7. The molecule has 0 aromatic rings. The van der Waals surface area contributed by atoms with E-state index in [1.54, 1.807) is 6.08 Å². The van der Waals surface area contributed by atoms with Crippen LogP contribution in [0.15, 0.2) is 21.3 Å². The summed E-state index contributed by atoms with van der Waals surface area (Å²) in [5.74, 6) is -1.77. The van der Waals surface area contributed by atoms with Crippen LogP contribution in [0.5, 0.6) is 0 Å². The Kier molecular flexibility index (Phi) is 3.00. The summed E-state index contributed by atoms with van der Waals surface area (Å²) in [4.78, 5) is 17.7. The van der Waals surface area contributed by atoms with Crippen molar-refractivity contribution in [2.24, 2.45) is 11.8 Å². The maximum atomic E-state index is 12.6. The number of alkyl halides is 3. The van der Waals surface area contributed by atoms with Gasteiger partial charge in [0, 0.05) is 0 Å². The van der Waals surface area contributed by atoms with E-state index in [0.29, 0.717) is 6.42 Å². The zero-order valence-electron chi connectivity index (χ0n) is 10.1. The molecule has 2 aliphatic rings. The number of hydrogen-bond acceptors (Lipinski definition) is 1. The molecule has 0 heterocycles. The van der Waals surface area contributed by atoms with Gasteiger partial charge in [0.1, 0.15) is 0 Å². The summed E-state index contributed by atoms with van der Waals surface area (Å²) in [5.41, 5.74) is 0.0910. The maximum absolute atomic E-state index is 12.6. The van der Waals surface area contributed by atoms with Gasteiger partial charge in [-0.05, 0) is 0 Å². The Morgan fingerprint density at radius 3 is 2.24 bits per heavy atom. The van der Waals surface area contributed by atoms with Crippen molar-refractivity contribution in [2.75, 3.05) is 0 Å². The summed E-state index contributed by atoms with van der Waals surface area (Å²) in [6.45, 7) is 0. The molecule has 0 aromatic heterocycles. The molecule has 2 aliphatic carbocycles. The third-order valence-electron chi connectivity index (χ3n) is 3.43. The van der Waals surface area contributed by atoms with Gasteiger partial charge in [0.15, 0.2) is 0 Å². The number of fused-ring (bicyclic) bond motifs is 2. The molecule has 2 rings (SSSR count). The molecule has 17 heavy (non-hydrogen) atoms. The molecule has 0 aromatic carbocycles. The molecule has 0 fully saturated rings. The van der Waals surface area contributed by atoms with Crippen LogP contribution in [0.2, 0.25) is 14.8 Å². The molecule has 0 N–H and O–H groups in total. The second kappa shape index (κ2) is 3.87. The first-order valence-electron chi connectivity index (χ1n) is 5.66. The Morgan fingerprint density at radius 1 is 1.24 bits per heavy atom. The fraction of sp³-hybridized carbons (Fsp3) is 0.583. The van der Waals surface area contributed by atoms with Gasteiger partial charge >= 0.3 is 103 Å². The molecular weight excluding hydrogens is 336 g/mol. The first-order chi connectivity index (χ1) is 7.62. The van der Waals surface area contributed by atoms with Gasteiger partial charge < -0.3 is 0 Å². The monoisotopic (exact) mass is 352 g/mol. The van der Waals surface area contributed by atoms with Crippen molar-refractivity contribution in [1.29, 1.82) is 0 Å². The Morgan fingerprint density at radius 2 is 1.76 bits per heavy atom. The minimum atomic E-state index is -4.73. The third kappa shape index (κ3) is 2.20. The molecule has 1 nitrogen and oxygen atoms in total. The van der Waals surface area contributed by atoms with Crippen LogP contribution in [0.1, 0.15) is 6.42 Å². The first-order valence-corrected chi connectivity index (χ1v) is 15.7. The van der Waals surface area contributed by atoms with Crippen LogP contribution >= 0.6 is 0 Å². The summed E-state index contributed by atoms with van der Waals surface area (Å²) in [5, 5.41) is 0. The Hall–Kier alpha value is -0.261. The van der Waals surface area contributed by atoms with Crippen molar-refractivity contribution in [3.8, 4) is 0 Å². The van der Waals surface area contributed by atoms with Crippen LogP contribution < -0.4 is 0 Å². The third-order valence-corrected chi connectivity index (χ3v) is 9.86. The van der Waals surface area contributed by atoms with Gasteiger partial charge in [-0.2, -0.15) is 0 Å². The van der Waals surface area contributed by atoms with Crippen LogP contribution in [0, 0.1) is 11.8 Å². The predicted molar refractivity (Wildman–Crippen MR) is 62.2 cm³/mol. The predicted octanol–water partition coefficient (Wildman–Crippen LogP) is 3.50. The van der Waals surface area contributed by atoms with Gasteiger partial charge in [-0.3, -0.25) is 0 Å². The van der Waals surface area contributed by atoms with E-state index in [0.717, 1.165) is 3.59 Å². The molecule has 0 aliphatic heterocycles. The summed E-state index contributed by atoms with van der Waals surface area (Å²) in [7, 11) is 0. The number of allylic oxidation sites excluding steroid dienone is 4. The van der Waals surface area contributed by atoms with E-state index in [1.807, 2.05) is 6.08 Å². The van der Waals surface area contributed by atoms with E-state index in [-0.39, 0.29) is 17.4 Å². The van der Waals surface area contributed by atoms with Crippen LogP contribution in [-0.2, 0) is 4.79 Å². The molecule has 2 unspecified atom stereocenters. The molecule has 0 saturated carbocycles. The molecule has 2 bridgehead atoms. The molecular formula is C12H15F3OSn. The fourth-order valence-corrected chi connectivity index (χ4v) is 9.88. The number of carbonyl (C=O) groups excluding carboxylic acids is 1. The van der Waals surface area contributed by atoms with E-state index in [2.05, 4.69) is 14.8 Å². The average molecular weight is 351 g/mol.